The standard InChI is InChI=1S/C14H19NO2S2/c1-3-12(11-15-6-1)14(18-9-2-10-19-14)5-4-13-16-7-8-17-13/h1,3,6,11,13H,2,4-5,7-10H2. The van der Waals surface area contributed by atoms with Gasteiger partial charge in [0.05, 0.1) is 17.3 Å². The first-order valence-corrected chi connectivity index (χ1v) is 8.78. The third kappa shape index (κ3) is 3.27. The molecule has 2 saturated heterocycles. The fourth-order valence-electron chi connectivity index (χ4n) is 2.50. The van der Waals surface area contributed by atoms with E-state index in [1.807, 2.05) is 18.5 Å². The molecule has 2 fully saturated rings. The summed E-state index contributed by atoms with van der Waals surface area (Å²) in [6, 6.07) is 4.24. The molecule has 0 saturated carbocycles. The molecule has 2 aliphatic heterocycles. The first-order chi connectivity index (χ1) is 9.39. The highest BCUT2D eigenvalue weighted by atomic mass is 32.2. The summed E-state index contributed by atoms with van der Waals surface area (Å²) < 4.78 is 11.3. The number of rotatable bonds is 4. The number of hydrogen-bond donors (Lipinski definition) is 0. The van der Waals surface area contributed by atoms with Crippen molar-refractivity contribution in [3.63, 3.8) is 0 Å². The molecular weight excluding hydrogens is 278 g/mol. The van der Waals surface area contributed by atoms with Crippen LogP contribution >= 0.6 is 23.5 Å². The summed E-state index contributed by atoms with van der Waals surface area (Å²) in [4.78, 5) is 4.30. The van der Waals surface area contributed by atoms with Crippen molar-refractivity contribution in [1.29, 1.82) is 0 Å². The van der Waals surface area contributed by atoms with Gasteiger partial charge in [0.2, 0.25) is 0 Å². The van der Waals surface area contributed by atoms with Crippen LogP contribution in [0.5, 0.6) is 0 Å². The van der Waals surface area contributed by atoms with E-state index in [2.05, 4.69) is 34.6 Å². The molecule has 3 rings (SSSR count). The van der Waals surface area contributed by atoms with Crippen LogP contribution < -0.4 is 0 Å². The molecule has 3 heterocycles. The van der Waals surface area contributed by atoms with Crippen molar-refractivity contribution in [2.75, 3.05) is 24.7 Å². The van der Waals surface area contributed by atoms with Gasteiger partial charge in [-0.15, -0.1) is 23.5 Å². The van der Waals surface area contributed by atoms with Gasteiger partial charge in [0.1, 0.15) is 0 Å². The third-order valence-electron chi connectivity index (χ3n) is 3.46. The predicted octanol–water partition coefficient (Wildman–Crippen LogP) is 3.26. The summed E-state index contributed by atoms with van der Waals surface area (Å²) in [5, 5.41) is 0. The lowest BCUT2D eigenvalue weighted by Crippen LogP contribution is -2.25. The topological polar surface area (TPSA) is 31.4 Å². The van der Waals surface area contributed by atoms with Crippen molar-refractivity contribution < 1.29 is 9.47 Å². The zero-order valence-electron chi connectivity index (χ0n) is 10.9. The highest BCUT2D eigenvalue weighted by Crippen LogP contribution is 2.53. The van der Waals surface area contributed by atoms with E-state index in [0.29, 0.717) is 0 Å². The molecular formula is C14H19NO2S2. The maximum absolute atomic E-state index is 5.57. The third-order valence-corrected chi connectivity index (χ3v) is 6.97. The van der Waals surface area contributed by atoms with Gasteiger partial charge in [0.25, 0.3) is 0 Å². The average molecular weight is 297 g/mol. The van der Waals surface area contributed by atoms with Crippen molar-refractivity contribution in [2.45, 2.75) is 29.6 Å². The van der Waals surface area contributed by atoms with Gasteiger partial charge >= 0.3 is 0 Å². The molecule has 1 aromatic heterocycles. The van der Waals surface area contributed by atoms with Gasteiger partial charge in [-0.3, -0.25) is 4.98 Å². The predicted molar refractivity (Wildman–Crippen MR) is 80.4 cm³/mol. The van der Waals surface area contributed by atoms with E-state index in [1.165, 1.54) is 23.5 Å². The lowest BCUT2D eigenvalue weighted by molar-refractivity contribution is -0.0481. The molecule has 0 atom stereocenters. The van der Waals surface area contributed by atoms with Crippen molar-refractivity contribution >= 4 is 23.5 Å². The molecule has 1 aromatic rings. The van der Waals surface area contributed by atoms with Crippen LogP contribution in [-0.4, -0.2) is 36.0 Å². The minimum atomic E-state index is -0.00308. The van der Waals surface area contributed by atoms with E-state index in [9.17, 15) is 0 Å². The van der Waals surface area contributed by atoms with Gasteiger partial charge in [-0.05, 0) is 36.0 Å². The van der Waals surface area contributed by atoms with Crippen molar-refractivity contribution in [3.05, 3.63) is 30.1 Å². The summed E-state index contributed by atoms with van der Waals surface area (Å²) in [6.45, 7) is 1.48. The Balaban J connectivity index is 1.72. The Bertz CT molecular complexity index is 390. The normalized spacial score (nSPS) is 23.6. The van der Waals surface area contributed by atoms with Gasteiger partial charge in [-0.1, -0.05) is 6.07 Å². The average Bonchev–Trinajstić information content (AvgIpc) is 3.01. The van der Waals surface area contributed by atoms with Crippen LogP contribution in [0, 0.1) is 0 Å². The second-order valence-electron chi connectivity index (χ2n) is 4.75. The number of nitrogens with zero attached hydrogens (tertiary/aromatic N) is 1. The first-order valence-electron chi connectivity index (χ1n) is 6.81. The molecule has 0 unspecified atom stereocenters. The number of ether oxygens (including phenoxy) is 2. The maximum atomic E-state index is 5.57. The highest BCUT2D eigenvalue weighted by Gasteiger charge is 2.36. The van der Waals surface area contributed by atoms with Crippen LogP contribution in [0.2, 0.25) is 0 Å². The summed E-state index contributed by atoms with van der Waals surface area (Å²) in [7, 11) is 0. The Hall–Kier alpha value is -0.230. The molecule has 19 heavy (non-hydrogen) atoms. The zero-order valence-corrected chi connectivity index (χ0v) is 12.5. The van der Waals surface area contributed by atoms with Gasteiger partial charge in [0, 0.05) is 18.8 Å². The quantitative estimate of drug-likeness (QED) is 0.851. The van der Waals surface area contributed by atoms with Crippen LogP contribution in [0.1, 0.15) is 24.8 Å². The Morgan fingerprint density at radius 3 is 2.74 bits per heavy atom. The number of thioether (sulfide) groups is 2. The van der Waals surface area contributed by atoms with Crippen molar-refractivity contribution in [2.24, 2.45) is 0 Å². The van der Waals surface area contributed by atoms with Crippen molar-refractivity contribution in [3.8, 4) is 0 Å². The molecule has 0 radical (unpaired) electrons. The summed E-state index contributed by atoms with van der Waals surface area (Å²) in [6.07, 6.45) is 7.21. The maximum Gasteiger partial charge on any atom is 0.157 e. The second kappa shape index (κ2) is 6.48. The molecule has 0 N–H and O–H groups in total. The van der Waals surface area contributed by atoms with E-state index >= 15 is 0 Å². The molecule has 5 heteroatoms. The van der Waals surface area contributed by atoms with Gasteiger partial charge in [-0.2, -0.15) is 0 Å². The molecule has 0 spiro atoms. The number of aromatic nitrogens is 1. The second-order valence-corrected chi connectivity index (χ2v) is 7.80. The first kappa shape index (κ1) is 13.7. The van der Waals surface area contributed by atoms with Crippen LogP contribution in [0.4, 0.5) is 0 Å². The Labute approximate surface area is 122 Å². The van der Waals surface area contributed by atoms with Gasteiger partial charge in [0.15, 0.2) is 6.29 Å². The molecule has 0 bridgehead atoms. The lowest BCUT2D eigenvalue weighted by Gasteiger charge is -2.36. The molecule has 0 amide bonds. The molecule has 104 valence electrons. The minimum absolute atomic E-state index is 0.00308. The summed E-state index contributed by atoms with van der Waals surface area (Å²) in [5.41, 5.74) is 1.34. The molecule has 2 aliphatic rings. The zero-order chi connectivity index (χ0) is 13.0. The van der Waals surface area contributed by atoms with E-state index in [0.717, 1.165) is 26.1 Å². The van der Waals surface area contributed by atoms with Crippen LogP contribution in [0.25, 0.3) is 0 Å². The fourth-order valence-corrected chi connectivity index (χ4v) is 5.85. The number of pyridine rings is 1. The Morgan fingerprint density at radius 2 is 2.05 bits per heavy atom. The van der Waals surface area contributed by atoms with Crippen LogP contribution in [-0.2, 0) is 13.6 Å². The van der Waals surface area contributed by atoms with E-state index in [1.54, 1.807) is 0 Å². The lowest BCUT2D eigenvalue weighted by atomic mass is 10.1. The Morgan fingerprint density at radius 1 is 1.26 bits per heavy atom. The highest BCUT2D eigenvalue weighted by molar-refractivity contribution is 8.18. The summed E-state index contributed by atoms with van der Waals surface area (Å²) >= 11 is 4.12. The molecule has 0 aliphatic carbocycles. The smallest absolute Gasteiger partial charge is 0.157 e. The van der Waals surface area contributed by atoms with E-state index < -0.39 is 0 Å². The van der Waals surface area contributed by atoms with Crippen LogP contribution in [0.3, 0.4) is 0 Å². The minimum Gasteiger partial charge on any atom is -0.350 e. The molecule has 3 nitrogen and oxygen atoms in total. The summed E-state index contributed by atoms with van der Waals surface area (Å²) in [5.74, 6) is 2.46. The van der Waals surface area contributed by atoms with E-state index in [4.69, 9.17) is 9.47 Å². The fraction of sp³-hybridized carbons (Fsp3) is 0.643. The SMILES string of the molecule is c1cncc(C2(CCC3OCCO3)SCCCS2)c1. The molecule has 0 aromatic carbocycles. The largest absolute Gasteiger partial charge is 0.350 e. The van der Waals surface area contributed by atoms with Crippen LogP contribution in [0.15, 0.2) is 24.5 Å². The number of hydrogen-bond acceptors (Lipinski definition) is 5. The van der Waals surface area contributed by atoms with E-state index in [-0.39, 0.29) is 10.4 Å². The Kier molecular flexibility index (Phi) is 4.69. The van der Waals surface area contributed by atoms with Crippen molar-refractivity contribution in [1.82, 2.24) is 4.98 Å². The van der Waals surface area contributed by atoms with Gasteiger partial charge < -0.3 is 9.47 Å². The van der Waals surface area contributed by atoms with Gasteiger partial charge in [-0.25, -0.2) is 0 Å². The monoisotopic (exact) mass is 297 g/mol.